The lowest BCUT2D eigenvalue weighted by molar-refractivity contribution is -0.384. The van der Waals surface area contributed by atoms with Crippen LogP contribution in [0.15, 0.2) is 24.3 Å². The minimum atomic E-state index is -0.803. The summed E-state index contributed by atoms with van der Waals surface area (Å²) in [5.41, 5.74) is 0.0736. The summed E-state index contributed by atoms with van der Waals surface area (Å²) in [6.07, 6.45) is 0.763. The first kappa shape index (κ1) is 24.1. The Balaban J connectivity index is 1.95. The average molecular weight is 434 g/mol. The van der Waals surface area contributed by atoms with Crippen LogP contribution in [-0.4, -0.2) is 59.5 Å². The zero-order valence-corrected chi connectivity index (χ0v) is 18.3. The van der Waals surface area contributed by atoms with Gasteiger partial charge in [0.1, 0.15) is 11.6 Å². The molecule has 1 atom stereocenters. The number of hydrogen-bond acceptors (Lipinski definition) is 6. The van der Waals surface area contributed by atoms with Crippen LogP contribution in [0, 0.1) is 16.0 Å². The van der Waals surface area contributed by atoms with Gasteiger partial charge in [-0.05, 0) is 39.2 Å². The number of ether oxygens (including phenoxy) is 1. The van der Waals surface area contributed by atoms with Crippen LogP contribution < -0.4 is 10.6 Å². The van der Waals surface area contributed by atoms with E-state index in [4.69, 9.17) is 4.74 Å². The predicted octanol–water partition coefficient (Wildman–Crippen LogP) is 2.02. The number of nitrogens with zero attached hydrogens (tertiary/aromatic N) is 2. The molecule has 31 heavy (non-hydrogen) atoms. The smallest absolute Gasteiger partial charge is 0.410 e. The van der Waals surface area contributed by atoms with Crippen molar-refractivity contribution in [2.45, 2.75) is 51.7 Å². The second-order valence-corrected chi connectivity index (χ2v) is 8.54. The molecule has 0 spiro atoms. The van der Waals surface area contributed by atoms with Crippen molar-refractivity contribution in [2.24, 2.45) is 5.92 Å². The third-order valence-corrected chi connectivity index (χ3v) is 4.98. The van der Waals surface area contributed by atoms with E-state index in [2.05, 4.69) is 10.6 Å². The number of benzene rings is 1. The number of non-ortho nitro benzene ring substituents is 1. The van der Waals surface area contributed by atoms with E-state index >= 15 is 0 Å². The molecule has 0 bridgehead atoms. The second-order valence-electron chi connectivity index (χ2n) is 8.54. The summed E-state index contributed by atoms with van der Waals surface area (Å²) in [6.45, 7) is 6.21. The first-order valence-electron chi connectivity index (χ1n) is 10.2. The maximum atomic E-state index is 12.8. The van der Waals surface area contributed by atoms with Gasteiger partial charge in [-0.25, -0.2) is 4.79 Å². The summed E-state index contributed by atoms with van der Waals surface area (Å²) in [5, 5.41) is 16.1. The summed E-state index contributed by atoms with van der Waals surface area (Å²) in [4.78, 5) is 49.1. The molecule has 0 aliphatic carbocycles. The first-order valence-corrected chi connectivity index (χ1v) is 10.2. The van der Waals surface area contributed by atoms with Gasteiger partial charge in [0.2, 0.25) is 11.8 Å². The fraction of sp³-hybridized carbons (Fsp3) is 0.571. The number of rotatable bonds is 6. The van der Waals surface area contributed by atoms with Crippen molar-refractivity contribution < 1.29 is 24.0 Å². The second kappa shape index (κ2) is 10.2. The molecule has 10 heteroatoms. The maximum absolute atomic E-state index is 12.8. The van der Waals surface area contributed by atoms with Gasteiger partial charge in [-0.1, -0.05) is 12.1 Å². The molecule has 1 aliphatic heterocycles. The lowest BCUT2D eigenvalue weighted by atomic mass is 9.95. The lowest BCUT2D eigenvalue weighted by Gasteiger charge is -2.33. The molecule has 0 unspecified atom stereocenters. The molecule has 10 nitrogen and oxygen atoms in total. The summed E-state index contributed by atoms with van der Waals surface area (Å²) < 4.78 is 5.36. The fourth-order valence-electron chi connectivity index (χ4n) is 3.31. The summed E-state index contributed by atoms with van der Waals surface area (Å²) >= 11 is 0. The van der Waals surface area contributed by atoms with Crippen LogP contribution in [0.25, 0.3) is 0 Å². The largest absolute Gasteiger partial charge is 0.444 e. The van der Waals surface area contributed by atoms with Crippen LogP contribution in [-0.2, 0) is 20.7 Å². The van der Waals surface area contributed by atoms with E-state index in [-0.39, 0.29) is 29.8 Å². The number of likely N-dealkylation sites (N-methyl/N-ethyl adjacent to an activating group) is 1. The molecule has 1 fully saturated rings. The highest BCUT2D eigenvalue weighted by molar-refractivity contribution is 5.88. The molecule has 1 aromatic carbocycles. The molecule has 0 aromatic heterocycles. The van der Waals surface area contributed by atoms with Gasteiger partial charge < -0.3 is 20.3 Å². The molecule has 2 rings (SSSR count). The van der Waals surface area contributed by atoms with Gasteiger partial charge in [-0.3, -0.25) is 19.7 Å². The Hall–Kier alpha value is -3.17. The number of likely N-dealkylation sites (tertiary alicyclic amines) is 1. The van der Waals surface area contributed by atoms with Crippen LogP contribution in [0.5, 0.6) is 0 Å². The average Bonchev–Trinajstić information content (AvgIpc) is 2.71. The highest BCUT2D eigenvalue weighted by atomic mass is 16.6. The quantitative estimate of drug-likeness (QED) is 0.520. The molecule has 2 N–H and O–H groups in total. The van der Waals surface area contributed by atoms with Crippen LogP contribution in [0.3, 0.4) is 0 Å². The zero-order chi connectivity index (χ0) is 23.2. The SMILES string of the molecule is CNC(=O)[C@H](Cc1ccc([N+](=O)[O-])cc1)NC(=O)C1CCN(C(=O)OC(C)(C)C)CC1. The van der Waals surface area contributed by atoms with E-state index in [0.717, 1.165) is 0 Å². The van der Waals surface area contributed by atoms with Gasteiger partial charge in [0.05, 0.1) is 4.92 Å². The van der Waals surface area contributed by atoms with Gasteiger partial charge in [0.15, 0.2) is 0 Å². The Labute approximate surface area is 181 Å². The van der Waals surface area contributed by atoms with Crippen LogP contribution in [0.4, 0.5) is 10.5 Å². The number of hydrogen-bond donors (Lipinski definition) is 2. The summed E-state index contributed by atoms with van der Waals surface area (Å²) in [5.74, 6) is -0.917. The molecule has 0 saturated carbocycles. The minimum Gasteiger partial charge on any atom is -0.444 e. The van der Waals surface area contributed by atoms with E-state index < -0.39 is 22.7 Å². The van der Waals surface area contributed by atoms with Crippen molar-refractivity contribution in [3.63, 3.8) is 0 Å². The Morgan fingerprint density at radius 1 is 1.19 bits per heavy atom. The van der Waals surface area contributed by atoms with Crippen molar-refractivity contribution in [3.05, 3.63) is 39.9 Å². The normalized spacial score (nSPS) is 15.7. The molecular weight excluding hydrogens is 404 g/mol. The Bertz CT molecular complexity index is 810. The van der Waals surface area contributed by atoms with Crippen molar-refractivity contribution in [3.8, 4) is 0 Å². The van der Waals surface area contributed by atoms with Gasteiger partial charge in [-0.15, -0.1) is 0 Å². The van der Waals surface area contributed by atoms with Crippen LogP contribution >= 0.6 is 0 Å². The molecule has 0 radical (unpaired) electrons. The number of piperidine rings is 1. The number of nitro benzene ring substituents is 1. The number of nitro groups is 1. The fourth-order valence-corrected chi connectivity index (χ4v) is 3.31. The number of carbonyl (C=O) groups is 3. The van der Waals surface area contributed by atoms with Crippen molar-refractivity contribution in [2.75, 3.05) is 20.1 Å². The van der Waals surface area contributed by atoms with E-state index in [9.17, 15) is 24.5 Å². The maximum Gasteiger partial charge on any atom is 0.410 e. The Kier molecular flexibility index (Phi) is 7.95. The molecule has 1 aliphatic rings. The minimum absolute atomic E-state index is 0.0407. The van der Waals surface area contributed by atoms with Gasteiger partial charge >= 0.3 is 6.09 Å². The van der Waals surface area contributed by atoms with Gasteiger partial charge in [-0.2, -0.15) is 0 Å². The molecule has 1 aromatic rings. The molecule has 3 amide bonds. The summed E-state index contributed by atoms with van der Waals surface area (Å²) in [7, 11) is 1.48. The molecule has 1 saturated heterocycles. The third kappa shape index (κ3) is 7.23. The molecule has 1 heterocycles. The van der Waals surface area contributed by atoms with Crippen molar-refractivity contribution >= 4 is 23.6 Å². The lowest BCUT2D eigenvalue weighted by Crippen LogP contribution is -2.51. The third-order valence-electron chi connectivity index (χ3n) is 4.98. The van der Waals surface area contributed by atoms with Gasteiger partial charge in [0.25, 0.3) is 5.69 Å². The topological polar surface area (TPSA) is 131 Å². The standard InChI is InChI=1S/C21H30N4O6/c1-21(2,3)31-20(28)24-11-9-15(10-12-24)18(26)23-17(19(27)22-4)13-14-5-7-16(8-6-14)25(29)30/h5-8,15,17H,9-13H2,1-4H3,(H,22,27)(H,23,26)/t17-/m0/s1. The van der Waals surface area contributed by atoms with Gasteiger partial charge in [0, 0.05) is 44.6 Å². The highest BCUT2D eigenvalue weighted by Crippen LogP contribution is 2.20. The Morgan fingerprint density at radius 2 is 1.77 bits per heavy atom. The van der Waals surface area contributed by atoms with Crippen molar-refractivity contribution in [1.29, 1.82) is 0 Å². The monoisotopic (exact) mass is 434 g/mol. The molecular formula is C21H30N4O6. The van der Waals surface area contributed by atoms with E-state index in [1.165, 1.54) is 19.2 Å². The number of amides is 3. The van der Waals surface area contributed by atoms with E-state index in [0.29, 0.717) is 31.5 Å². The Morgan fingerprint density at radius 3 is 2.26 bits per heavy atom. The van der Waals surface area contributed by atoms with Crippen molar-refractivity contribution in [1.82, 2.24) is 15.5 Å². The number of nitrogens with one attached hydrogen (secondary N) is 2. The highest BCUT2D eigenvalue weighted by Gasteiger charge is 2.31. The number of carbonyl (C=O) groups excluding carboxylic acids is 3. The predicted molar refractivity (Wildman–Crippen MR) is 113 cm³/mol. The molecule has 170 valence electrons. The zero-order valence-electron chi connectivity index (χ0n) is 18.3. The van der Waals surface area contributed by atoms with E-state index in [1.54, 1.807) is 37.8 Å². The van der Waals surface area contributed by atoms with Crippen LogP contribution in [0.1, 0.15) is 39.2 Å². The van der Waals surface area contributed by atoms with E-state index in [1.807, 2.05) is 0 Å². The first-order chi connectivity index (χ1) is 14.5. The summed E-state index contributed by atoms with van der Waals surface area (Å²) in [6, 6.07) is 5.07. The van der Waals surface area contributed by atoms with Crippen LogP contribution in [0.2, 0.25) is 0 Å².